The van der Waals surface area contributed by atoms with E-state index in [1.807, 2.05) is 27.7 Å². The lowest BCUT2D eigenvalue weighted by molar-refractivity contribution is 0.00578. The molecule has 1 unspecified atom stereocenters. The van der Waals surface area contributed by atoms with Crippen LogP contribution in [-0.4, -0.2) is 18.3 Å². The van der Waals surface area contributed by atoms with Crippen molar-refractivity contribution in [1.82, 2.24) is 0 Å². The summed E-state index contributed by atoms with van der Waals surface area (Å²) in [6.45, 7) is 12.1. The molecule has 1 aliphatic heterocycles. The first kappa shape index (κ1) is 15.1. The quantitative estimate of drug-likeness (QED) is 0.689. The fraction of sp³-hybridized carbons (Fsp3) is 0.867. The van der Waals surface area contributed by atoms with E-state index in [1.54, 1.807) is 0 Å². The van der Waals surface area contributed by atoms with Gasteiger partial charge in [-0.05, 0) is 64.4 Å². The summed E-state index contributed by atoms with van der Waals surface area (Å²) >= 11 is 0. The highest BCUT2D eigenvalue weighted by Gasteiger charge is 2.54. The van der Waals surface area contributed by atoms with E-state index in [4.69, 9.17) is 9.31 Å². The standard InChI is InChI=1S/C15H26BFO2/c1-7-15(6)10-8-9-11(15)12(17)16-18-13(2,3)14(4,5)19-16/h7-10H2,1-6H3. The molecule has 0 N–H and O–H groups in total. The highest BCUT2D eigenvalue weighted by molar-refractivity contribution is 6.53. The number of rotatable bonds is 2. The van der Waals surface area contributed by atoms with E-state index in [-0.39, 0.29) is 11.1 Å². The van der Waals surface area contributed by atoms with Crippen LogP contribution in [0.3, 0.4) is 0 Å². The lowest BCUT2D eigenvalue weighted by Gasteiger charge is -2.32. The van der Waals surface area contributed by atoms with Crippen molar-refractivity contribution in [3.63, 3.8) is 0 Å². The van der Waals surface area contributed by atoms with Crippen molar-refractivity contribution in [2.75, 3.05) is 0 Å². The molecule has 2 rings (SSSR count). The second-order valence-electron chi connectivity index (χ2n) is 7.18. The fourth-order valence-electron chi connectivity index (χ4n) is 2.99. The summed E-state index contributed by atoms with van der Waals surface area (Å²) in [4.78, 5) is 0. The maximum Gasteiger partial charge on any atom is 0.525 e. The molecule has 0 amide bonds. The van der Waals surface area contributed by atoms with Gasteiger partial charge in [0.2, 0.25) is 0 Å². The van der Waals surface area contributed by atoms with Gasteiger partial charge < -0.3 is 9.31 Å². The third-order valence-electron chi connectivity index (χ3n) is 5.41. The first-order chi connectivity index (χ1) is 8.63. The second-order valence-corrected chi connectivity index (χ2v) is 7.18. The number of allylic oxidation sites excluding steroid dienone is 1. The van der Waals surface area contributed by atoms with Crippen LogP contribution in [0.15, 0.2) is 11.3 Å². The summed E-state index contributed by atoms with van der Waals surface area (Å²) in [5.74, 6) is 0. The van der Waals surface area contributed by atoms with Gasteiger partial charge >= 0.3 is 7.12 Å². The Hall–Kier alpha value is -0.345. The van der Waals surface area contributed by atoms with Crippen molar-refractivity contribution >= 4 is 7.12 Å². The molecule has 1 aliphatic carbocycles. The van der Waals surface area contributed by atoms with E-state index < -0.39 is 18.3 Å². The van der Waals surface area contributed by atoms with Crippen molar-refractivity contribution in [2.45, 2.75) is 78.4 Å². The Bertz CT molecular complexity index is 387. The number of halogens is 1. The molecule has 1 saturated carbocycles. The minimum atomic E-state index is -0.830. The summed E-state index contributed by atoms with van der Waals surface area (Å²) in [6, 6.07) is 0. The van der Waals surface area contributed by atoms with Crippen molar-refractivity contribution < 1.29 is 13.7 Å². The normalized spacial score (nSPS) is 35.8. The van der Waals surface area contributed by atoms with Crippen molar-refractivity contribution in [1.29, 1.82) is 0 Å². The van der Waals surface area contributed by atoms with Crippen LogP contribution in [0, 0.1) is 5.41 Å². The summed E-state index contributed by atoms with van der Waals surface area (Å²) in [5, 5.41) is 0. The van der Waals surface area contributed by atoms with Gasteiger partial charge in [0.1, 0.15) is 5.73 Å². The molecule has 1 heterocycles. The first-order valence-electron chi connectivity index (χ1n) is 7.38. The molecular weight excluding hydrogens is 242 g/mol. The van der Waals surface area contributed by atoms with E-state index in [1.165, 1.54) is 0 Å². The van der Waals surface area contributed by atoms with Crippen LogP contribution in [-0.2, 0) is 9.31 Å². The highest BCUT2D eigenvalue weighted by atomic mass is 19.1. The Morgan fingerprint density at radius 3 is 2.16 bits per heavy atom. The van der Waals surface area contributed by atoms with E-state index in [2.05, 4.69) is 13.8 Å². The largest absolute Gasteiger partial charge is 0.525 e. The molecule has 2 aliphatic rings. The maximum atomic E-state index is 14.8. The van der Waals surface area contributed by atoms with E-state index >= 15 is 0 Å². The van der Waals surface area contributed by atoms with Crippen LogP contribution < -0.4 is 0 Å². The zero-order valence-corrected chi connectivity index (χ0v) is 13.1. The maximum absolute atomic E-state index is 14.8. The Morgan fingerprint density at radius 2 is 1.68 bits per heavy atom. The highest BCUT2D eigenvalue weighted by Crippen LogP contribution is 2.49. The van der Waals surface area contributed by atoms with Gasteiger partial charge in [-0.25, -0.2) is 4.39 Å². The lowest BCUT2D eigenvalue weighted by atomic mass is 9.74. The number of hydrogen-bond acceptors (Lipinski definition) is 2. The molecule has 2 fully saturated rings. The molecule has 4 heteroatoms. The monoisotopic (exact) mass is 268 g/mol. The van der Waals surface area contributed by atoms with Gasteiger partial charge in [0.05, 0.1) is 11.2 Å². The molecule has 0 bridgehead atoms. The fourth-order valence-corrected chi connectivity index (χ4v) is 2.99. The van der Waals surface area contributed by atoms with Crippen LogP contribution in [0.1, 0.15) is 67.2 Å². The van der Waals surface area contributed by atoms with Crippen LogP contribution in [0.2, 0.25) is 0 Å². The van der Waals surface area contributed by atoms with E-state index in [0.717, 1.165) is 31.3 Å². The van der Waals surface area contributed by atoms with Gasteiger partial charge in [-0.3, -0.25) is 0 Å². The van der Waals surface area contributed by atoms with Crippen molar-refractivity contribution in [3.8, 4) is 0 Å². The van der Waals surface area contributed by atoms with Gasteiger partial charge in [-0.1, -0.05) is 13.8 Å². The Balaban J connectivity index is 2.29. The minimum absolute atomic E-state index is 0.0202. The van der Waals surface area contributed by atoms with Crippen molar-refractivity contribution in [2.24, 2.45) is 5.41 Å². The Labute approximate surface area is 116 Å². The van der Waals surface area contributed by atoms with E-state index in [9.17, 15) is 4.39 Å². The zero-order chi connectivity index (χ0) is 14.5. The summed E-state index contributed by atoms with van der Waals surface area (Å²) in [5.41, 5.74) is -0.240. The minimum Gasteiger partial charge on any atom is -0.398 e. The predicted molar refractivity (Wildman–Crippen MR) is 76.5 cm³/mol. The molecule has 0 radical (unpaired) electrons. The molecule has 108 valence electrons. The van der Waals surface area contributed by atoms with Gasteiger partial charge in [0.15, 0.2) is 0 Å². The SMILES string of the molecule is CCC1(C)CCCC1=C(F)B1OC(C)(C)C(C)(C)O1. The average molecular weight is 268 g/mol. The van der Waals surface area contributed by atoms with E-state index in [0.29, 0.717) is 0 Å². The Morgan fingerprint density at radius 1 is 1.16 bits per heavy atom. The van der Waals surface area contributed by atoms with Gasteiger partial charge in [-0.15, -0.1) is 0 Å². The van der Waals surface area contributed by atoms with Gasteiger partial charge in [0, 0.05) is 0 Å². The smallest absolute Gasteiger partial charge is 0.398 e. The molecule has 2 nitrogen and oxygen atoms in total. The Kier molecular flexibility index (Phi) is 3.64. The molecule has 1 atom stereocenters. The van der Waals surface area contributed by atoms with Crippen LogP contribution in [0.4, 0.5) is 4.39 Å². The molecule has 0 aromatic carbocycles. The third kappa shape index (κ3) is 2.38. The zero-order valence-electron chi connectivity index (χ0n) is 13.1. The second kappa shape index (κ2) is 4.59. The third-order valence-corrected chi connectivity index (χ3v) is 5.41. The van der Waals surface area contributed by atoms with Crippen LogP contribution in [0.5, 0.6) is 0 Å². The summed E-state index contributed by atoms with van der Waals surface area (Å²) < 4.78 is 26.5. The number of hydrogen-bond donors (Lipinski definition) is 0. The average Bonchev–Trinajstić information content (AvgIpc) is 2.78. The lowest BCUT2D eigenvalue weighted by Crippen LogP contribution is -2.41. The van der Waals surface area contributed by atoms with Crippen LogP contribution in [0.25, 0.3) is 0 Å². The molecule has 19 heavy (non-hydrogen) atoms. The summed E-state index contributed by atoms with van der Waals surface area (Å²) in [6.07, 6.45) is 3.92. The van der Waals surface area contributed by atoms with Crippen LogP contribution >= 0.6 is 0 Å². The summed E-state index contributed by atoms with van der Waals surface area (Å²) in [7, 11) is -0.830. The first-order valence-corrected chi connectivity index (χ1v) is 7.38. The van der Waals surface area contributed by atoms with Gasteiger partial charge in [-0.2, -0.15) is 0 Å². The molecule has 1 saturated heterocycles. The molecule has 0 aromatic heterocycles. The molecular formula is C15H26BFO2. The predicted octanol–water partition coefficient (Wildman–Crippen LogP) is 4.44. The molecule has 0 aromatic rings. The van der Waals surface area contributed by atoms with Crippen molar-refractivity contribution in [3.05, 3.63) is 11.3 Å². The molecule has 0 spiro atoms. The topological polar surface area (TPSA) is 18.5 Å². The van der Waals surface area contributed by atoms with Gasteiger partial charge in [0.25, 0.3) is 0 Å².